The smallest absolute Gasteiger partial charge is 0.366 e. The maximum Gasteiger partial charge on any atom is 0.366 e. The molecule has 8 heteroatoms. The summed E-state index contributed by atoms with van der Waals surface area (Å²) in [6, 6.07) is 0. The van der Waals surface area contributed by atoms with Crippen molar-refractivity contribution in [2.45, 2.75) is 18.3 Å². The van der Waals surface area contributed by atoms with Gasteiger partial charge in [0.25, 0.3) is 0 Å². The van der Waals surface area contributed by atoms with E-state index in [-0.39, 0.29) is 0 Å². The standard InChI is InChI=1S/C7H7F7O/c1-15-3-2-6(11,12)7(13,14)4(8)5(9)10/h2-3H2,1H3. The lowest BCUT2D eigenvalue weighted by Crippen LogP contribution is -2.42. The summed E-state index contributed by atoms with van der Waals surface area (Å²) in [4.78, 5) is 0. The zero-order valence-electron chi connectivity index (χ0n) is 7.47. The first-order valence-electron chi connectivity index (χ1n) is 3.62. The minimum atomic E-state index is -5.52. The van der Waals surface area contributed by atoms with Crippen molar-refractivity contribution in [3.63, 3.8) is 0 Å². The third-order valence-electron chi connectivity index (χ3n) is 1.52. The Hall–Kier alpha value is -0.790. The van der Waals surface area contributed by atoms with E-state index in [1.54, 1.807) is 0 Å². The van der Waals surface area contributed by atoms with Crippen LogP contribution in [0.3, 0.4) is 0 Å². The fourth-order valence-electron chi connectivity index (χ4n) is 0.666. The summed E-state index contributed by atoms with van der Waals surface area (Å²) in [5, 5.41) is 0. The molecule has 0 amide bonds. The van der Waals surface area contributed by atoms with E-state index >= 15 is 0 Å². The number of methoxy groups -OCH3 is 1. The molecule has 0 atom stereocenters. The van der Waals surface area contributed by atoms with Gasteiger partial charge < -0.3 is 4.74 Å². The van der Waals surface area contributed by atoms with E-state index in [9.17, 15) is 30.7 Å². The summed E-state index contributed by atoms with van der Waals surface area (Å²) in [7, 11) is 0.955. The third-order valence-corrected chi connectivity index (χ3v) is 1.52. The van der Waals surface area contributed by atoms with Gasteiger partial charge in [-0.25, -0.2) is 0 Å². The van der Waals surface area contributed by atoms with Crippen LogP contribution in [0.25, 0.3) is 0 Å². The number of alkyl halides is 4. The van der Waals surface area contributed by atoms with Gasteiger partial charge in [-0.15, -0.1) is 0 Å². The van der Waals surface area contributed by atoms with Crippen LogP contribution in [0.15, 0.2) is 11.9 Å². The molecule has 0 bridgehead atoms. The van der Waals surface area contributed by atoms with Crippen LogP contribution >= 0.6 is 0 Å². The van der Waals surface area contributed by atoms with Crippen molar-refractivity contribution in [1.82, 2.24) is 0 Å². The fourth-order valence-corrected chi connectivity index (χ4v) is 0.666. The number of rotatable bonds is 5. The lowest BCUT2D eigenvalue weighted by molar-refractivity contribution is -0.204. The summed E-state index contributed by atoms with van der Waals surface area (Å²) in [6.45, 7) is -0.802. The Labute approximate surface area is 80.5 Å². The van der Waals surface area contributed by atoms with Crippen molar-refractivity contribution in [2.75, 3.05) is 13.7 Å². The van der Waals surface area contributed by atoms with Crippen molar-refractivity contribution in [2.24, 2.45) is 0 Å². The van der Waals surface area contributed by atoms with Crippen LogP contribution in [0.2, 0.25) is 0 Å². The Kier molecular flexibility index (Phi) is 4.57. The van der Waals surface area contributed by atoms with Gasteiger partial charge in [0, 0.05) is 13.5 Å². The monoisotopic (exact) mass is 240 g/mol. The molecular formula is C7H7F7O. The Bertz CT molecular complexity index is 244. The highest BCUT2D eigenvalue weighted by Crippen LogP contribution is 2.44. The highest BCUT2D eigenvalue weighted by Gasteiger charge is 2.60. The Morgan fingerprint density at radius 1 is 1.07 bits per heavy atom. The highest BCUT2D eigenvalue weighted by molar-refractivity contribution is 5.10. The summed E-state index contributed by atoms with van der Waals surface area (Å²) < 4.78 is 89.1. The molecule has 0 rings (SSSR count). The van der Waals surface area contributed by atoms with E-state index in [0.29, 0.717) is 0 Å². The van der Waals surface area contributed by atoms with Gasteiger partial charge in [0.05, 0.1) is 6.61 Å². The first kappa shape index (κ1) is 14.2. The molecule has 0 heterocycles. The van der Waals surface area contributed by atoms with Gasteiger partial charge in [0.2, 0.25) is 5.83 Å². The largest absolute Gasteiger partial charge is 0.384 e. The van der Waals surface area contributed by atoms with Crippen molar-refractivity contribution >= 4 is 0 Å². The first-order chi connectivity index (χ1) is 6.66. The molecule has 15 heavy (non-hydrogen) atoms. The van der Waals surface area contributed by atoms with Gasteiger partial charge in [-0.2, -0.15) is 30.7 Å². The second-order valence-electron chi connectivity index (χ2n) is 2.60. The molecule has 0 fully saturated rings. The second-order valence-corrected chi connectivity index (χ2v) is 2.60. The lowest BCUT2D eigenvalue weighted by atomic mass is 10.1. The molecular weight excluding hydrogens is 233 g/mol. The van der Waals surface area contributed by atoms with Gasteiger partial charge in [0.15, 0.2) is 0 Å². The highest BCUT2D eigenvalue weighted by atomic mass is 19.3. The quantitative estimate of drug-likeness (QED) is 0.669. The molecule has 0 spiro atoms. The summed E-state index contributed by atoms with van der Waals surface area (Å²) in [6.07, 6.45) is -5.02. The molecule has 0 aliphatic heterocycles. The summed E-state index contributed by atoms with van der Waals surface area (Å²) in [5.41, 5.74) is 0. The number of halogens is 7. The van der Waals surface area contributed by atoms with Crippen molar-refractivity contribution < 1.29 is 35.5 Å². The zero-order valence-corrected chi connectivity index (χ0v) is 7.47. The number of hydrogen-bond acceptors (Lipinski definition) is 1. The zero-order chi connectivity index (χ0) is 12.3. The van der Waals surface area contributed by atoms with E-state index in [1.165, 1.54) is 0 Å². The number of hydrogen-bond donors (Lipinski definition) is 0. The normalized spacial score (nSPS) is 12.8. The van der Waals surface area contributed by atoms with Crippen molar-refractivity contribution in [3.05, 3.63) is 11.9 Å². The molecule has 0 aromatic carbocycles. The van der Waals surface area contributed by atoms with E-state index in [2.05, 4.69) is 4.74 Å². The van der Waals surface area contributed by atoms with Gasteiger partial charge in [-0.3, -0.25) is 0 Å². The predicted molar refractivity (Wildman–Crippen MR) is 36.7 cm³/mol. The molecule has 0 aliphatic carbocycles. The van der Waals surface area contributed by atoms with Crippen LogP contribution in [0, 0.1) is 0 Å². The Balaban J connectivity index is 4.92. The first-order valence-corrected chi connectivity index (χ1v) is 3.62. The van der Waals surface area contributed by atoms with E-state index in [1.807, 2.05) is 0 Å². The number of ether oxygens (including phenoxy) is 1. The minimum absolute atomic E-state index is 0.802. The molecule has 0 radical (unpaired) electrons. The van der Waals surface area contributed by atoms with Crippen LogP contribution in [0.1, 0.15) is 6.42 Å². The van der Waals surface area contributed by atoms with E-state index < -0.39 is 36.8 Å². The SMILES string of the molecule is COCCC(F)(F)C(F)(F)C(F)=C(F)F. The molecule has 0 N–H and O–H groups in total. The van der Waals surface area contributed by atoms with Crippen molar-refractivity contribution in [1.29, 1.82) is 0 Å². The van der Waals surface area contributed by atoms with Crippen molar-refractivity contribution in [3.8, 4) is 0 Å². The molecule has 0 saturated heterocycles. The Morgan fingerprint density at radius 2 is 1.53 bits per heavy atom. The average Bonchev–Trinajstić information content (AvgIpc) is 2.13. The second kappa shape index (κ2) is 4.82. The number of allylic oxidation sites excluding steroid dienone is 1. The minimum Gasteiger partial charge on any atom is -0.384 e. The fraction of sp³-hybridized carbons (Fsp3) is 0.714. The maximum atomic E-state index is 12.6. The third kappa shape index (κ3) is 3.08. The van der Waals surface area contributed by atoms with Gasteiger partial charge in [-0.1, -0.05) is 0 Å². The van der Waals surface area contributed by atoms with Gasteiger partial charge >= 0.3 is 17.9 Å². The molecule has 90 valence electrons. The summed E-state index contributed by atoms with van der Waals surface area (Å²) >= 11 is 0. The van der Waals surface area contributed by atoms with E-state index in [0.717, 1.165) is 7.11 Å². The van der Waals surface area contributed by atoms with E-state index in [4.69, 9.17) is 0 Å². The lowest BCUT2D eigenvalue weighted by Gasteiger charge is -2.24. The molecule has 0 aliphatic rings. The molecule has 0 unspecified atom stereocenters. The topological polar surface area (TPSA) is 9.23 Å². The van der Waals surface area contributed by atoms with Crippen LogP contribution in [-0.4, -0.2) is 25.6 Å². The molecule has 1 nitrogen and oxygen atoms in total. The average molecular weight is 240 g/mol. The van der Waals surface area contributed by atoms with Crippen LogP contribution in [0.4, 0.5) is 30.7 Å². The van der Waals surface area contributed by atoms with Crippen LogP contribution in [-0.2, 0) is 4.74 Å². The predicted octanol–water partition coefficient (Wildman–Crippen LogP) is 3.37. The molecule has 0 aromatic heterocycles. The van der Waals surface area contributed by atoms with Crippen LogP contribution < -0.4 is 0 Å². The van der Waals surface area contributed by atoms with Crippen LogP contribution in [0.5, 0.6) is 0 Å². The Morgan fingerprint density at radius 3 is 1.87 bits per heavy atom. The maximum absolute atomic E-state index is 12.6. The molecule has 0 saturated carbocycles. The molecule has 0 aromatic rings. The van der Waals surface area contributed by atoms with Gasteiger partial charge in [-0.05, 0) is 0 Å². The van der Waals surface area contributed by atoms with Gasteiger partial charge in [0.1, 0.15) is 0 Å². The summed E-state index contributed by atoms with van der Waals surface area (Å²) in [5.74, 6) is -13.9.